The van der Waals surface area contributed by atoms with Gasteiger partial charge in [0, 0.05) is 12.6 Å². The first-order valence-corrected chi connectivity index (χ1v) is 13.6. The fourth-order valence-electron chi connectivity index (χ4n) is 4.30. The number of aromatic nitrogens is 2. The number of carbonyl (C=O) groups excluding carboxylic acids is 1. The number of esters is 1. The minimum Gasteiger partial charge on any atom is -0.463 e. The molecule has 1 unspecified atom stereocenters. The van der Waals surface area contributed by atoms with E-state index in [4.69, 9.17) is 15.2 Å². The lowest BCUT2D eigenvalue weighted by atomic mass is 10.1. The summed E-state index contributed by atoms with van der Waals surface area (Å²) in [6, 6.07) is 1.39. The van der Waals surface area contributed by atoms with Crippen LogP contribution in [0.5, 0.6) is 0 Å². The molecule has 1 saturated heterocycles. The van der Waals surface area contributed by atoms with E-state index in [2.05, 4.69) is 24.1 Å². The Kier molecular flexibility index (Phi) is 14.4. The average Bonchev–Trinajstić information content (AvgIpc) is 3.13. The number of hydrogen-bond donors (Lipinski definition) is 3. The van der Waals surface area contributed by atoms with Crippen molar-refractivity contribution >= 4 is 11.8 Å². The number of hydrogen-bond acceptors (Lipinski definition) is 8. The van der Waals surface area contributed by atoms with Gasteiger partial charge in [-0.05, 0) is 38.2 Å². The summed E-state index contributed by atoms with van der Waals surface area (Å²) in [5, 5.41) is 20.5. The fraction of sp³-hybridized carbons (Fsp3) is 0.741. The third-order valence-electron chi connectivity index (χ3n) is 6.51. The average molecular weight is 508 g/mol. The van der Waals surface area contributed by atoms with Gasteiger partial charge in [0.2, 0.25) is 0 Å². The molecule has 4 N–H and O–H groups in total. The molecule has 0 spiro atoms. The molecular formula is C27H45N3O6. The van der Waals surface area contributed by atoms with Gasteiger partial charge in [0.05, 0.1) is 0 Å². The molecule has 9 nitrogen and oxygen atoms in total. The number of unbranched alkanes of at least 4 members (excludes halogenated alkanes) is 11. The smallest absolute Gasteiger partial charge is 0.351 e. The maximum absolute atomic E-state index is 12.1. The van der Waals surface area contributed by atoms with Crippen LogP contribution in [-0.2, 0) is 14.3 Å². The number of ether oxygens (including phenoxy) is 2. The van der Waals surface area contributed by atoms with Crippen LogP contribution in [0.4, 0.5) is 5.82 Å². The standard InChI is InChI=1S/C27H45N3O6/c1-2-3-4-5-6-7-8-9-10-11-12-13-14-15-16-17-23(31)35-20-21-24(32)25(33)26(36-21)30-19-18-22(28)29-27(30)34/h9-10,18-19,21,24-26,32-33H,2-8,11-17,20H2,1H3,(H2,28,29,34)/t21-,24-,25+,26?/m1/s1. The molecule has 0 aromatic carbocycles. The van der Waals surface area contributed by atoms with Crippen LogP contribution >= 0.6 is 0 Å². The van der Waals surface area contributed by atoms with Gasteiger partial charge >= 0.3 is 11.7 Å². The number of aliphatic hydroxyl groups is 2. The lowest BCUT2D eigenvalue weighted by molar-refractivity contribution is -0.150. The molecule has 1 aromatic heterocycles. The van der Waals surface area contributed by atoms with Gasteiger partial charge in [-0.25, -0.2) is 4.79 Å². The summed E-state index contributed by atoms with van der Waals surface area (Å²) in [5.41, 5.74) is 4.77. The Bertz CT molecular complexity index is 843. The van der Waals surface area contributed by atoms with Gasteiger partial charge < -0.3 is 25.4 Å². The van der Waals surface area contributed by atoms with E-state index in [-0.39, 0.29) is 18.4 Å². The number of aliphatic hydroxyl groups excluding tert-OH is 2. The molecule has 2 rings (SSSR count). The van der Waals surface area contributed by atoms with Crippen LogP contribution in [0, 0.1) is 0 Å². The van der Waals surface area contributed by atoms with Crippen LogP contribution < -0.4 is 11.4 Å². The van der Waals surface area contributed by atoms with E-state index >= 15 is 0 Å². The molecule has 4 atom stereocenters. The summed E-state index contributed by atoms with van der Waals surface area (Å²) < 4.78 is 11.9. The van der Waals surface area contributed by atoms with Crippen molar-refractivity contribution in [2.75, 3.05) is 12.3 Å². The minimum atomic E-state index is -1.36. The number of anilines is 1. The van der Waals surface area contributed by atoms with Crippen LogP contribution in [0.1, 0.15) is 103 Å². The first-order chi connectivity index (χ1) is 17.4. The van der Waals surface area contributed by atoms with Gasteiger partial charge in [-0.2, -0.15) is 4.98 Å². The molecule has 0 amide bonds. The highest BCUT2D eigenvalue weighted by Crippen LogP contribution is 2.28. The summed E-state index contributed by atoms with van der Waals surface area (Å²) >= 11 is 0. The number of nitrogens with zero attached hydrogens (tertiary/aromatic N) is 2. The highest BCUT2D eigenvalue weighted by Gasteiger charge is 2.44. The van der Waals surface area contributed by atoms with Gasteiger partial charge in [-0.1, -0.05) is 70.4 Å². The Balaban J connectivity index is 1.50. The summed E-state index contributed by atoms with van der Waals surface area (Å²) in [5.74, 6) is -0.321. The molecule has 0 bridgehead atoms. The third kappa shape index (κ3) is 10.8. The minimum absolute atomic E-state index is 0.0467. The quantitative estimate of drug-likeness (QED) is 0.154. The third-order valence-corrected chi connectivity index (χ3v) is 6.51. The molecule has 9 heteroatoms. The van der Waals surface area contributed by atoms with Gasteiger partial charge in [0.15, 0.2) is 6.23 Å². The zero-order valence-corrected chi connectivity index (χ0v) is 21.7. The number of nitrogens with two attached hydrogens (primary N) is 1. The molecule has 1 aromatic rings. The van der Waals surface area contributed by atoms with Crippen molar-refractivity contribution in [3.8, 4) is 0 Å². The van der Waals surface area contributed by atoms with Crippen molar-refractivity contribution < 1.29 is 24.5 Å². The predicted octanol–water partition coefficient (Wildman–Crippen LogP) is 4.03. The van der Waals surface area contributed by atoms with Crippen molar-refractivity contribution in [2.45, 2.75) is 121 Å². The second-order valence-electron chi connectivity index (χ2n) is 9.61. The number of rotatable bonds is 18. The van der Waals surface area contributed by atoms with Crippen molar-refractivity contribution in [1.29, 1.82) is 0 Å². The lowest BCUT2D eigenvalue weighted by Gasteiger charge is -2.16. The van der Waals surface area contributed by atoms with Crippen molar-refractivity contribution in [3.63, 3.8) is 0 Å². The van der Waals surface area contributed by atoms with Gasteiger partial charge in [-0.15, -0.1) is 0 Å². The normalized spacial score (nSPS) is 21.9. The second-order valence-corrected chi connectivity index (χ2v) is 9.61. The molecule has 1 fully saturated rings. The molecule has 2 heterocycles. The van der Waals surface area contributed by atoms with Crippen LogP contribution in [0.15, 0.2) is 29.2 Å². The summed E-state index contributed by atoms with van der Waals surface area (Å²) in [7, 11) is 0. The zero-order valence-electron chi connectivity index (χ0n) is 21.7. The molecular weight excluding hydrogens is 462 g/mol. The largest absolute Gasteiger partial charge is 0.463 e. The molecule has 0 aliphatic carbocycles. The summed E-state index contributed by atoms with van der Waals surface area (Å²) in [4.78, 5) is 27.6. The van der Waals surface area contributed by atoms with E-state index in [1.165, 1.54) is 63.6 Å². The highest BCUT2D eigenvalue weighted by molar-refractivity contribution is 5.69. The molecule has 1 aliphatic heterocycles. The maximum Gasteiger partial charge on any atom is 0.351 e. The molecule has 1 aliphatic rings. The van der Waals surface area contributed by atoms with Crippen LogP contribution in [-0.4, -0.2) is 50.7 Å². The number of nitrogen functional groups attached to an aromatic ring is 1. The Morgan fingerprint density at radius 3 is 2.28 bits per heavy atom. The topological polar surface area (TPSA) is 137 Å². The Hall–Kier alpha value is -2.23. The number of allylic oxidation sites excluding steroid dienone is 2. The van der Waals surface area contributed by atoms with E-state index < -0.39 is 30.2 Å². The zero-order chi connectivity index (χ0) is 26.2. The highest BCUT2D eigenvalue weighted by atomic mass is 16.6. The molecule has 0 saturated carbocycles. The van der Waals surface area contributed by atoms with E-state index in [1.807, 2.05) is 0 Å². The van der Waals surface area contributed by atoms with Gasteiger partial charge in [0.25, 0.3) is 0 Å². The molecule has 36 heavy (non-hydrogen) atoms. The summed E-state index contributed by atoms with van der Waals surface area (Å²) in [6.07, 6.45) is 17.0. The van der Waals surface area contributed by atoms with Crippen LogP contribution in [0.3, 0.4) is 0 Å². The van der Waals surface area contributed by atoms with Crippen LogP contribution in [0.2, 0.25) is 0 Å². The first-order valence-electron chi connectivity index (χ1n) is 13.6. The first kappa shape index (κ1) is 30.0. The van der Waals surface area contributed by atoms with Crippen LogP contribution in [0.25, 0.3) is 0 Å². The number of carbonyl (C=O) groups is 1. The maximum atomic E-state index is 12.1. The van der Waals surface area contributed by atoms with Gasteiger partial charge in [-0.3, -0.25) is 9.36 Å². The van der Waals surface area contributed by atoms with Crippen molar-refractivity contribution in [1.82, 2.24) is 9.55 Å². The summed E-state index contributed by atoms with van der Waals surface area (Å²) in [6.45, 7) is 2.05. The Labute approximate surface area is 214 Å². The lowest BCUT2D eigenvalue weighted by Crippen LogP contribution is -2.36. The van der Waals surface area contributed by atoms with E-state index in [1.54, 1.807) is 0 Å². The van der Waals surface area contributed by atoms with E-state index in [0.29, 0.717) is 6.42 Å². The van der Waals surface area contributed by atoms with Gasteiger partial charge in [0.1, 0.15) is 30.7 Å². The SMILES string of the molecule is CCCCCCCCC=CCCCCCCCC(=O)OC[C@H]1OC(n2ccc(N)nc2=O)[C@@H](O)[C@@H]1O. The van der Waals surface area contributed by atoms with Crippen molar-refractivity contribution in [2.24, 2.45) is 0 Å². The Morgan fingerprint density at radius 1 is 1.03 bits per heavy atom. The van der Waals surface area contributed by atoms with E-state index in [0.717, 1.165) is 36.7 Å². The van der Waals surface area contributed by atoms with Crippen molar-refractivity contribution in [3.05, 3.63) is 34.9 Å². The van der Waals surface area contributed by atoms with E-state index in [9.17, 15) is 19.8 Å². The molecule has 204 valence electrons. The fourth-order valence-corrected chi connectivity index (χ4v) is 4.30. The predicted molar refractivity (Wildman–Crippen MR) is 139 cm³/mol. The molecule has 0 radical (unpaired) electrons. The second kappa shape index (κ2) is 17.3. The Morgan fingerprint density at radius 2 is 1.64 bits per heavy atom. The monoisotopic (exact) mass is 507 g/mol.